The van der Waals surface area contributed by atoms with Gasteiger partial charge in [-0.25, -0.2) is 4.79 Å². The third kappa shape index (κ3) is 8.87. The molecule has 0 aliphatic heterocycles. The Labute approximate surface area is 167 Å². The highest BCUT2D eigenvalue weighted by Gasteiger charge is 2.30. The van der Waals surface area contributed by atoms with E-state index in [2.05, 4.69) is 16.7 Å². The first-order valence-corrected chi connectivity index (χ1v) is 9.50. The van der Waals surface area contributed by atoms with Crippen LogP contribution < -0.4 is 16.4 Å². The first-order valence-electron chi connectivity index (χ1n) is 9.50. The molecule has 0 bridgehead atoms. The molecular weight excluding hydrogens is 356 g/mol. The summed E-state index contributed by atoms with van der Waals surface area (Å²) in [7, 11) is 0. The molecule has 28 heavy (non-hydrogen) atoms. The molecule has 0 radical (unpaired) electrons. The molecule has 2 amide bonds. The SMILES string of the molecule is CC(C)C[C@H](N[C@H](C#N)[C@H](Cc1ccccc1)NC(=O)OC(C)(C)C)C(N)=O. The fourth-order valence-electron chi connectivity index (χ4n) is 2.78. The number of carbonyl (C=O) groups excluding carboxylic acids is 2. The lowest BCUT2D eigenvalue weighted by atomic mass is 9.97. The Morgan fingerprint density at radius 1 is 1.21 bits per heavy atom. The fourth-order valence-corrected chi connectivity index (χ4v) is 2.78. The number of nitrogens with zero attached hydrogens (tertiary/aromatic N) is 1. The molecule has 1 aromatic rings. The fraction of sp³-hybridized carbons (Fsp3) is 0.571. The maximum Gasteiger partial charge on any atom is 0.407 e. The molecule has 1 aromatic carbocycles. The number of rotatable bonds is 9. The second-order valence-corrected chi connectivity index (χ2v) is 8.30. The van der Waals surface area contributed by atoms with Crippen LogP contribution in [0.25, 0.3) is 0 Å². The van der Waals surface area contributed by atoms with Crippen LogP contribution in [0.15, 0.2) is 30.3 Å². The maximum absolute atomic E-state index is 12.3. The van der Waals surface area contributed by atoms with Gasteiger partial charge in [-0.2, -0.15) is 5.26 Å². The number of hydrogen-bond acceptors (Lipinski definition) is 5. The van der Waals surface area contributed by atoms with Gasteiger partial charge in [0, 0.05) is 0 Å². The standard InChI is InChI=1S/C21H32N4O3/c1-14(2)11-17(19(23)26)24-18(13-22)16(12-15-9-7-6-8-10-15)25-20(27)28-21(3,4)5/h6-10,14,16-18,24H,11-12H2,1-5H3,(H2,23,26)(H,25,27)/t16-,17-,18+/m0/s1. The molecule has 0 aliphatic rings. The monoisotopic (exact) mass is 388 g/mol. The van der Waals surface area contributed by atoms with Gasteiger partial charge in [-0.1, -0.05) is 44.2 Å². The molecule has 0 heterocycles. The van der Waals surface area contributed by atoms with Crippen LogP contribution in [-0.2, 0) is 16.0 Å². The molecule has 0 saturated heterocycles. The van der Waals surface area contributed by atoms with E-state index in [1.54, 1.807) is 20.8 Å². The highest BCUT2D eigenvalue weighted by molar-refractivity contribution is 5.80. The number of amides is 2. The van der Waals surface area contributed by atoms with Gasteiger partial charge in [-0.15, -0.1) is 0 Å². The van der Waals surface area contributed by atoms with Crippen LogP contribution in [0, 0.1) is 17.2 Å². The number of hydrogen-bond donors (Lipinski definition) is 3. The van der Waals surface area contributed by atoms with E-state index in [0.717, 1.165) is 5.56 Å². The first kappa shape index (κ1) is 23.4. The van der Waals surface area contributed by atoms with Crippen molar-refractivity contribution in [3.8, 4) is 6.07 Å². The topological polar surface area (TPSA) is 117 Å². The van der Waals surface area contributed by atoms with E-state index in [0.29, 0.717) is 12.8 Å². The average Bonchev–Trinajstić information content (AvgIpc) is 2.56. The van der Waals surface area contributed by atoms with Crippen molar-refractivity contribution in [1.82, 2.24) is 10.6 Å². The Morgan fingerprint density at radius 3 is 2.29 bits per heavy atom. The van der Waals surface area contributed by atoms with Gasteiger partial charge < -0.3 is 15.8 Å². The Hall–Kier alpha value is -2.59. The number of primary amides is 1. The van der Waals surface area contributed by atoms with E-state index in [4.69, 9.17) is 10.5 Å². The van der Waals surface area contributed by atoms with Crippen LogP contribution in [0.1, 0.15) is 46.6 Å². The molecule has 7 nitrogen and oxygen atoms in total. The van der Waals surface area contributed by atoms with Crippen LogP contribution >= 0.6 is 0 Å². The summed E-state index contributed by atoms with van der Waals surface area (Å²) in [5.74, 6) is -0.305. The molecule has 7 heteroatoms. The molecular formula is C21H32N4O3. The van der Waals surface area contributed by atoms with Crippen molar-refractivity contribution in [3.63, 3.8) is 0 Å². The molecule has 4 N–H and O–H groups in total. The summed E-state index contributed by atoms with van der Waals surface area (Å²) in [4.78, 5) is 24.1. The molecule has 0 aromatic heterocycles. The highest BCUT2D eigenvalue weighted by atomic mass is 16.6. The van der Waals surface area contributed by atoms with Crippen molar-refractivity contribution >= 4 is 12.0 Å². The van der Waals surface area contributed by atoms with Crippen molar-refractivity contribution in [2.45, 2.75) is 71.2 Å². The second kappa shape index (κ2) is 10.7. The van der Waals surface area contributed by atoms with Crippen molar-refractivity contribution < 1.29 is 14.3 Å². The van der Waals surface area contributed by atoms with E-state index < -0.39 is 35.7 Å². The Morgan fingerprint density at radius 2 is 1.82 bits per heavy atom. The predicted octanol–water partition coefficient (Wildman–Crippen LogP) is 2.50. The lowest BCUT2D eigenvalue weighted by Crippen LogP contribution is -2.56. The molecule has 0 unspecified atom stereocenters. The zero-order valence-electron chi connectivity index (χ0n) is 17.4. The Bertz CT molecular complexity index is 677. The number of benzene rings is 1. The smallest absolute Gasteiger partial charge is 0.407 e. The summed E-state index contributed by atoms with van der Waals surface area (Å²) in [5, 5.41) is 15.5. The van der Waals surface area contributed by atoms with Gasteiger partial charge in [-0.3, -0.25) is 10.1 Å². The van der Waals surface area contributed by atoms with Crippen LogP contribution in [-0.4, -0.2) is 35.7 Å². The van der Waals surface area contributed by atoms with E-state index in [1.165, 1.54) is 0 Å². The molecule has 0 saturated carbocycles. The number of ether oxygens (including phenoxy) is 1. The quantitative estimate of drug-likeness (QED) is 0.601. The molecule has 154 valence electrons. The number of carbonyl (C=O) groups is 2. The van der Waals surface area contributed by atoms with Crippen LogP contribution in [0.4, 0.5) is 4.79 Å². The van der Waals surface area contributed by atoms with E-state index in [9.17, 15) is 14.9 Å². The summed E-state index contributed by atoms with van der Waals surface area (Å²) in [5.41, 5.74) is 5.79. The van der Waals surface area contributed by atoms with Gasteiger partial charge in [0.05, 0.1) is 18.2 Å². The first-order chi connectivity index (χ1) is 13.0. The van der Waals surface area contributed by atoms with Gasteiger partial charge in [0.25, 0.3) is 0 Å². The lowest BCUT2D eigenvalue weighted by Gasteiger charge is -2.29. The van der Waals surface area contributed by atoms with Gasteiger partial charge in [-0.05, 0) is 45.1 Å². The number of nitriles is 1. The number of alkyl carbamates (subject to hydrolysis) is 1. The lowest BCUT2D eigenvalue weighted by molar-refractivity contribution is -0.120. The molecule has 1 rings (SSSR count). The predicted molar refractivity (Wildman–Crippen MR) is 108 cm³/mol. The largest absolute Gasteiger partial charge is 0.444 e. The molecule has 3 atom stereocenters. The zero-order valence-corrected chi connectivity index (χ0v) is 17.4. The molecule has 0 spiro atoms. The minimum Gasteiger partial charge on any atom is -0.444 e. The average molecular weight is 389 g/mol. The van der Waals surface area contributed by atoms with E-state index in [-0.39, 0.29) is 5.92 Å². The summed E-state index contributed by atoms with van der Waals surface area (Å²) >= 11 is 0. The Kier molecular flexibility index (Phi) is 8.93. The highest BCUT2D eigenvalue weighted by Crippen LogP contribution is 2.12. The van der Waals surface area contributed by atoms with Crippen molar-refractivity contribution in [2.75, 3.05) is 0 Å². The maximum atomic E-state index is 12.3. The normalized spacial score (nSPS) is 14.6. The summed E-state index contributed by atoms with van der Waals surface area (Å²) in [6.45, 7) is 9.25. The van der Waals surface area contributed by atoms with Gasteiger partial charge >= 0.3 is 6.09 Å². The number of nitrogens with one attached hydrogen (secondary N) is 2. The second-order valence-electron chi connectivity index (χ2n) is 8.30. The summed E-state index contributed by atoms with van der Waals surface area (Å²) < 4.78 is 5.34. The van der Waals surface area contributed by atoms with Gasteiger partial charge in [0.2, 0.25) is 5.91 Å². The van der Waals surface area contributed by atoms with Gasteiger partial charge in [0.15, 0.2) is 0 Å². The minimum absolute atomic E-state index is 0.218. The van der Waals surface area contributed by atoms with E-state index >= 15 is 0 Å². The van der Waals surface area contributed by atoms with Crippen molar-refractivity contribution in [1.29, 1.82) is 5.26 Å². The van der Waals surface area contributed by atoms with Crippen molar-refractivity contribution in [3.05, 3.63) is 35.9 Å². The number of nitrogens with two attached hydrogens (primary N) is 1. The molecule has 0 fully saturated rings. The summed E-state index contributed by atoms with van der Waals surface area (Å²) in [6.07, 6.45) is 0.284. The van der Waals surface area contributed by atoms with Crippen LogP contribution in [0.2, 0.25) is 0 Å². The summed E-state index contributed by atoms with van der Waals surface area (Å²) in [6, 6.07) is 9.58. The minimum atomic E-state index is -0.816. The third-order valence-electron chi connectivity index (χ3n) is 3.97. The van der Waals surface area contributed by atoms with Crippen LogP contribution in [0.5, 0.6) is 0 Å². The third-order valence-corrected chi connectivity index (χ3v) is 3.97. The zero-order chi connectivity index (χ0) is 21.3. The molecule has 0 aliphatic carbocycles. The Balaban J connectivity index is 3.03. The van der Waals surface area contributed by atoms with Crippen molar-refractivity contribution in [2.24, 2.45) is 11.7 Å². The van der Waals surface area contributed by atoms with E-state index in [1.807, 2.05) is 44.2 Å². The van der Waals surface area contributed by atoms with Crippen LogP contribution in [0.3, 0.4) is 0 Å². The van der Waals surface area contributed by atoms with Gasteiger partial charge in [0.1, 0.15) is 11.6 Å².